The van der Waals surface area contributed by atoms with Crippen molar-refractivity contribution in [2.24, 2.45) is 0 Å². The fourth-order valence-electron chi connectivity index (χ4n) is 2.40. The van der Waals surface area contributed by atoms with Gasteiger partial charge < -0.3 is 10.1 Å². The lowest BCUT2D eigenvalue weighted by Gasteiger charge is -2.15. The Balaban J connectivity index is 1.92. The van der Waals surface area contributed by atoms with Crippen molar-refractivity contribution in [2.45, 2.75) is 24.2 Å². The maximum Gasteiger partial charge on any atom is 0.313 e. The van der Waals surface area contributed by atoms with E-state index in [4.69, 9.17) is 4.74 Å². The second kappa shape index (κ2) is 9.13. The van der Waals surface area contributed by atoms with E-state index in [0.29, 0.717) is 6.42 Å². The average molecular weight is 343 g/mol. The van der Waals surface area contributed by atoms with Crippen LogP contribution in [0.5, 0.6) is 0 Å². The molecular weight excluding hydrogens is 322 g/mol. The predicted octanol–water partition coefficient (Wildman–Crippen LogP) is 4.08. The van der Waals surface area contributed by atoms with Gasteiger partial charge in [-0.15, -0.1) is 11.8 Å². The third-order valence-electron chi connectivity index (χ3n) is 3.62. The molecule has 24 heavy (non-hydrogen) atoms. The topological polar surface area (TPSA) is 55.4 Å². The van der Waals surface area contributed by atoms with Crippen molar-refractivity contribution in [3.05, 3.63) is 60.2 Å². The molecule has 0 fully saturated rings. The van der Waals surface area contributed by atoms with Crippen molar-refractivity contribution >= 4 is 29.3 Å². The Kier molecular flexibility index (Phi) is 6.88. The van der Waals surface area contributed by atoms with Crippen LogP contribution >= 0.6 is 11.8 Å². The summed E-state index contributed by atoms with van der Waals surface area (Å²) >= 11 is 1.55. The van der Waals surface area contributed by atoms with Gasteiger partial charge in [-0.2, -0.15) is 0 Å². The first kappa shape index (κ1) is 18.1. The molecule has 0 spiro atoms. The molecule has 0 bridgehead atoms. The van der Waals surface area contributed by atoms with Gasteiger partial charge in [-0.25, -0.2) is 0 Å². The number of thioether (sulfide) groups is 1. The summed E-state index contributed by atoms with van der Waals surface area (Å²) in [6, 6.07) is 17.0. The first-order chi connectivity index (χ1) is 11.7. The number of hydrogen-bond acceptors (Lipinski definition) is 4. The molecule has 5 heteroatoms. The lowest BCUT2D eigenvalue weighted by atomic mass is 9.97. The Labute approximate surface area is 146 Å². The van der Waals surface area contributed by atoms with Gasteiger partial charge in [0.05, 0.1) is 11.6 Å². The minimum atomic E-state index is -0.378. The monoisotopic (exact) mass is 343 g/mol. The summed E-state index contributed by atoms with van der Waals surface area (Å²) in [7, 11) is 0. The Morgan fingerprint density at radius 3 is 2.42 bits per heavy atom. The number of carbonyl (C=O) groups excluding carboxylic acids is 2. The number of para-hydroxylation sites is 1. The first-order valence-corrected chi connectivity index (χ1v) is 9.02. The van der Waals surface area contributed by atoms with E-state index in [0.717, 1.165) is 16.1 Å². The zero-order valence-corrected chi connectivity index (χ0v) is 14.6. The average Bonchev–Trinajstić information content (AvgIpc) is 2.62. The molecular formula is C19H21NO3S. The maximum absolute atomic E-state index is 12.2. The predicted molar refractivity (Wildman–Crippen MR) is 97.3 cm³/mol. The normalized spacial score (nSPS) is 11.6. The zero-order chi connectivity index (χ0) is 17.4. The van der Waals surface area contributed by atoms with Crippen LogP contribution in [0.25, 0.3) is 0 Å². The molecule has 126 valence electrons. The number of benzene rings is 2. The summed E-state index contributed by atoms with van der Waals surface area (Å²) in [5.74, 6) is -1.07. The van der Waals surface area contributed by atoms with Gasteiger partial charge in [0.2, 0.25) is 0 Å². The molecule has 0 unspecified atom stereocenters. The van der Waals surface area contributed by atoms with Crippen LogP contribution in [-0.2, 0) is 14.3 Å². The molecule has 2 aromatic carbocycles. The Bertz CT molecular complexity index is 688. The number of esters is 1. The number of nitrogens with one attached hydrogen (secondary N) is 1. The van der Waals surface area contributed by atoms with Gasteiger partial charge in [-0.1, -0.05) is 49.4 Å². The van der Waals surface area contributed by atoms with Gasteiger partial charge >= 0.3 is 5.97 Å². The van der Waals surface area contributed by atoms with Crippen LogP contribution in [0.15, 0.2) is 59.5 Å². The second-order valence-electron chi connectivity index (χ2n) is 5.23. The number of amides is 1. The minimum Gasteiger partial charge on any atom is -0.455 e. The van der Waals surface area contributed by atoms with Gasteiger partial charge in [-0.05, 0) is 30.4 Å². The van der Waals surface area contributed by atoms with Crippen LogP contribution in [0.1, 0.15) is 24.8 Å². The highest BCUT2D eigenvalue weighted by atomic mass is 32.2. The molecule has 0 aromatic heterocycles. The van der Waals surface area contributed by atoms with Crippen molar-refractivity contribution in [3.8, 4) is 0 Å². The van der Waals surface area contributed by atoms with E-state index in [1.807, 2.05) is 67.8 Å². The van der Waals surface area contributed by atoms with Crippen LogP contribution in [-0.4, -0.2) is 24.7 Å². The second-order valence-corrected chi connectivity index (χ2v) is 6.08. The third-order valence-corrected chi connectivity index (χ3v) is 4.42. The number of anilines is 1. The molecule has 4 nitrogen and oxygen atoms in total. The molecule has 0 aliphatic carbocycles. The molecule has 0 saturated heterocycles. The van der Waals surface area contributed by atoms with Gasteiger partial charge in [0.1, 0.15) is 0 Å². The fourth-order valence-corrected chi connectivity index (χ4v) is 2.95. The van der Waals surface area contributed by atoms with E-state index in [1.54, 1.807) is 11.8 Å². The fraction of sp³-hybridized carbons (Fsp3) is 0.263. The quantitative estimate of drug-likeness (QED) is 0.608. The van der Waals surface area contributed by atoms with E-state index in [1.165, 1.54) is 0 Å². The number of hydrogen-bond donors (Lipinski definition) is 1. The number of carbonyl (C=O) groups is 2. The Hall–Kier alpha value is -2.27. The van der Waals surface area contributed by atoms with E-state index in [2.05, 4.69) is 5.32 Å². The van der Waals surface area contributed by atoms with Crippen molar-refractivity contribution in [2.75, 3.05) is 18.2 Å². The van der Waals surface area contributed by atoms with E-state index in [9.17, 15) is 9.59 Å². The largest absolute Gasteiger partial charge is 0.455 e. The summed E-state index contributed by atoms with van der Waals surface area (Å²) in [6.07, 6.45) is 2.57. The molecule has 0 aliphatic heterocycles. The molecule has 2 aromatic rings. The van der Waals surface area contributed by atoms with Crippen LogP contribution in [0.4, 0.5) is 5.69 Å². The molecule has 1 N–H and O–H groups in total. The van der Waals surface area contributed by atoms with Crippen LogP contribution in [0, 0.1) is 0 Å². The molecule has 1 amide bonds. The van der Waals surface area contributed by atoms with Gasteiger partial charge in [0.25, 0.3) is 5.91 Å². The highest BCUT2D eigenvalue weighted by molar-refractivity contribution is 7.98. The van der Waals surface area contributed by atoms with Crippen LogP contribution in [0.2, 0.25) is 0 Å². The zero-order valence-electron chi connectivity index (χ0n) is 13.8. The third kappa shape index (κ3) is 4.86. The number of ether oxygens (including phenoxy) is 1. The smallest absolute Gasteiger partial charge is 0.313 e. The molecule has 0 radical (unpaired) electrons. The minimum absolute atomic E-state index is 0.287. The van der Waals surface area contributed by atoms with Crippen molar-refractivity contribution in [3.63, 3.8) is 0 Å². The lowest BCUT2D eigenvalue weighted by molar-refractivity contribution is -0.149. The number of rotatable bonds is 7. The van der Waals surface area contributed by atoms with E-state index >= 15 is 0 Å². The molecule has 0 heterocycles. The molecule has 0 aliphatic rings. The van der Waals surface area contributed by atoms with Gasteiger partial charge in [0, 0.05) is 4.90 Å². The summed E-state index contributed by atoms with van der Waals surface area (Å²) < 4.78 is 5.20. The maximum atomic E-state index is 12.2. The van der Waals surface area contributed by atoms with Crippen molar-refractivity contribution in [1.29, 1.82) is 0 Å². The highest BCUT2D eigenvalue weighted by Gasteiger charge is 2.21. The summed E-state index contributed by atoms with van der Waals surface area (Å²) in [5, 5.41) is 2.78. The van der Waals surface area contributed by atoms with Crippen LogP contribution < -0.4 is 5.32 Å². The Morgan fingerprint density at radius 2 is 1.75 bits per heavy atom. The SMILES string of the molecule is CC[C@@H](C(=O)OCC(=O)Nc1ccccc1SC)c1ccccc1. The van der Waals surface area contributed by atoms with Gasteiger partial charge in [0.15, 0.2) is 6.61 Å². The molecule has 2 rings (SSSR count). The molecule has 1 atom stereocenters. The summed E-state index contributed by atoms with van der Waals surface area (Å²) in [5.41, 5.74) is 1.62. The van der Waals surface area contributed by atoms with Crippen LogP contribution in [0.3, 0.4) is 0 Å². The van der Waals surface area contributed by atoms with Crippen molar-refractivity contribution < 1.29 is 14.3 Å². The summed E-state index contributed by atoms with van der Waals surface area (Å²) in [6.45, 7) is 1.64. The highest BCUT2D eigenvalue weighted by Crippen LogP contribution is 2.24. The standard InChI is InChI=1S/C19H21NO3S/c1-3-15(14-9-5-4-6-10-14)19(22)23-13-18(21)20-16-11-7-8-12-17(16)24-2/h4-12,15H,3,13H2,1-2H3,(H,20,21)/t15-/m1/s1. The van der Waals surface area contributed by atoms with E-state index < -0.39 is 0 Å². The van der Waals surface area contributed by atoms with E-state index in [-0.39, 0.29) is 24.4 Å². The van der Waals surface area contributed by atoms with Crippen molar-refractivity contribution in [1.82, 2.24) is 0 Å². The molecule has 0 saturated carbocycles. The Morgan fingerprint density at radius 1 is 1.08 bits per heavy atom. The lowest BCUT2D eigenvalue weighted by Crippen LogP contribution is -2.24. The van der Waals surface area contributed by atoms with Gasteiger partial charge in [-0.3, -0.25) is 9.59 Å². The summed E-state index contributed by atoms with van der Waals surface area (Å²) in [4.78, 5) is 25.2. The first-order valence-electron chi connectivity index (χ1n) is 7.80.